The van der Waals surface area contributed by atoms with E-state index in [9.17, 15) is 4.79 Å². The minimum atomic E-state index is -0.133. The van der Waals surface area contributed by atoms with Gasteiger partial charge >= 0.3 is 0 Å². The van der Waals surface area contributed by atoms with Crippen molar-refractivity contribution in [3.63, 3.8) is 0 Å². The van der Waals surface area contributed by atoms with Crippen molar-refractivity contribution in [2.24, 2.45) is 0 Å². The molecule has 1 amide bonds. The normalized spacial score (nSPS) is 17.2. The van der Waals surface area contributed by atoms with E-state index in [4.69, 9.17) is 14.2 Å². The SMILES string of the molecule is COc1ccc2ccc(OCC(=O)NCC3CCCO3)cc2c1. The zero-order valence-corrected chi connectivity index (χ0v) is 13.2. The van der Waals surface area contributed by atoms with Gasteiger partial charge in [-0.25, -0.2) is 0 Å². The molecular formula is C18H21NO4. The van der Waals surface area contributed by atoms with Crippen molar-refractivity contribution >= 4 is 16.7 Å². The molecule has 0 aliphatic carbocycles. The monoisotopic (exact) mass is 315 g/mol. The molecule has 1 unspecified atom stereocenters. The second kappa shape index (κ2) is 7.33. The summed E-state index contributed by atoms with van der Waals surface area (Å²) in [4.78, 5) is 11.8. The lowest BCUT2D eigenvalue weighted by atomic mass is 10.1. The molecule has 3 rings (SSSR count). The maximum absolute atomic E-state index is 11.8. The van der Waals surface area contributed by atoms with E-state index >= 15 is 0 Å². The van der Waals surface area contributed by atoms with Crippen molar-refractivity contribution in [1.82, 2.24) is 5.32 Å². The van der Waals surface area contributed by atoms with E-state index in [-0.39, 0.29) is 18.6 Å². The summed E-state index contributed by atoms with van der Waals surface area (Å²) in [5.74, 6) is 1.33. The lowest BCUT2D eigenvalue weighted by Crippen LogP contribution is -2.35. The Morgan fingerprint density at radius 1 is 1.22 bits per heavy atom. The number of carbonyl (C=O) groups is 1. The van der Waals surface area contributed by atoms with Crippen molar-refractivity contribution in [3.05, 3.63) is 36.4 Å². The molecule has 5 heteroatoms. The van der Waals surface area contributed by atoms with Crippen LogP contribution in [0.2, 0.25) is 0 Å². The molecule has 2 aromatic rings. The fraction of sp³-hybridized carbons (Fsp3) is 0.389. The number of nitrogens with one attached hydrogen (secondary N) is 1. The van der Waals surface area contributed by atoms with Crippen LogP contribution in [0.15, 0.2) is 36.4 Å². The van der Waals surface area contributed by atoms with E-state index < -0.39 is 0 Å². The summed E-state index contributed by atoms with van der Waals surface area (Å²) in [6.45, 7) is 1.34. The number of hydrogen-bond donors (Lipinski definition) is 1. The summed E-state index contributed by atoms with van der Waals surface area (Å²) in [5.41, 5.74) is 0. The van der Waals surface area contributed by atoms with Crippen LogP contribution in [0.1, 0.15) is 12.8 Å². The lowest BCUT2D eigenvalue weighted by Gasteiger charge is -2.12. The number of carbonyl (C=O) groups excluding carboxylic acids is 1. The summed E-state index contributed by atoms with van der Waals surface area (Å²) < 4.78 is 16.3. The fourth-order valence-corrected chi connectivity index (χ4v) is 2.65. The van der Waals surface area contributed by atoms with Gasteiger partial charge in [-0.3, -0.25) is 4.79 Å². The molecule has 2 aromatic carbocycles. The fourth-order valence-electron chi connectivity index (χ4n) is 2.65. The molecular weight excluding hydrogens is 294 g/mol. The Bertz CT molecular complexity index is 680. The number of methoxy groups -OCH3 is 1. The highest BCUT2D eigenvalue weighted by Crippen LogP contribution is 2.24. The first-order valence-corrected chi connectivity index (χ1v) is 7.83. The lowest BCUT2D eigenvalue weighted by molar-refractivity contribution is -0.123. The Hall–Kier alpha value is -2.27. The smallest absolute Gasteiger partial charge is 0.258 e. The van der Waals surface area contributed by atoms with Crippen LogP contribution in [0.3, 0.4) is 0 Å². The number of amides is 1. The van der Waals surface area contributed by atoms with E-state index in [0.29, 0.717) is 12.3 Å². The Balaban J connectivity index is 1.54. The van der Waals surface area contributed by atoms with Crippen LogP contribution in [-0.4, -0.2) is 38.9 Å². The molecule has 1 saturated heterocycles. The van der Waals surface area contributed by atoms with Gasteiger partial charge in [0.15, 0.2) is 6.61 Å². The highest BCUT2D eigenvalue weighted by molar-refractivity contribution is 5.85. The summed E-state index contributed by atoms with van der Waals surface area (Å²) >= 11 is 0. The molecule has 122 valence electrons. The molecule has 0 saturated carbocycles. The van der Waals surface area contributed by atoms with E-state index in [1.807, 2.05) is 36.4 Å². The molecule has 1 fully saturated rings. The molecule has 1 N–H and O–H groups in total. The van der Waals surface area contributed by atoms with Crippen molar-refractivity contribution < 1.29 is 19.0 Å². The molecule has 1 aliphatic heterocycles. The summed E-state index contributed by atoms with van der Waals surface area (Å²) in [7, 11) is 1.64. The third kappa shape index (κ3) is 4.13. The second-order valence-corrected chi connectivity index (χ2v) is 5.60. The minimum absolute atomic E-state index is 0.00218. The first-order chi connectivity index (χ1) is 11.2. The number of fused-ring (bicyclic) bond motifs is 1. The summed E-state index contributed by atoms with van der Waals surface area (Å²) in [6.07, 6.45) is 2.22. The van der Waals surface area contributed by atoms with E-state index in [1.165, 1.54) is 0 Å². The van der Waals surface area contributed by atoms with Crippen LogP contribution < -0.4 is 14.8 Å². The highest BCUT2D eigenvalue weighted by Gasteiger charge is 2.16. The van der Waals surface area contributed by atoms with Crippen molar-refractivity contribution in [2.75, 3.05) is 26.9 Å². The van der Waals surface area contributed by atoms with Gasteiger partial charge < -0.3 is 19.5 Å². The van der Waals surface area contributed by atoms with Crippen LogP contribution in [0, 0.1) is 0 Å². The van der Waals surface area contributed by atoms with Gasteiger partial charge in [-0.05, 0) is 47.9 Å². The third-order valence-corrected chi connectivity index (χ3v) is 3.94. The minimum Gasteiger partial charge on any atom is -0.497 e. The zero-order chi connectivity index (χ0) is 16.1. The predicted molar refractivity (Wildman–Crippen MR) is 88.0 cm³/mol. The van der Waals surface area contributed by atoms with Crippen molar-refractivity contribution in [3.8, 4) is 11.5 Å². The quantitative estimate of drug-likeness (QED) is 0.890. The van der Waals surface area contributed by atoms with Crippen LogP contribution >= 0.6 is 0 Å². The van der Waals surface area contributed by atoms with Gasteiger partial charge in [-0.15, -0.1) is 0 Å². The van der Waals surface area contributed by atoms with Gasteiger partial charge in [0.1, 0.15) is 11.5 Å². The number of rotatable bonds is 6. The molecule has 1 atom stereocenters. The molecule has 5 nitrogen and oxygen atoms in total. The summed E-state index contributed by atoms with van der Waals surface area (Å²) in [5, 5.41) is 4.95. The second-order valence-electron chi connectivity index (χ2n) is 5.60. The zero-order valence-electron chi connectivity index (χ0n) is 13.2. The van der Waals surface area contributed by atoms with Gasteiger partial charge in [0, 0.05) is 13.2 Å². The molecule has 1 heterocycles. The predicted octanol–water partition coefficient (Wildman–Crippen LogP) is 2.52. The average Bonchev–Trinajstić information content (AvgIpc) is 3.11. The maximum Gasteiger partial charge on any atom is 0.258 e. The topological polar surface area (TPSA) is 56.8 Å². The Morgan fingerprint density at radius 3 is 2.74 bits per heavy atom. The van der Waals surface area contributed by atoms with Gasteiger partial charge in [-0.1, -0.05) is 12.1 Å². The number of benzene rings is 2. The summed E-state index contributed by atoms with van der Waals surface area (Å²) in [6, 6.07) is 11.6. The Kier molecular flexibility index (Phi) is 4.98. The van der Waals surface area contributed by atoms with Gasteiger partial charge in [-0.2, -0.15) is 0 Å². The first kappa shape index (κ1) is 15.6. The van der Waals surface area contributed by atoms with E-state index in [1.54, 1.807) is 7.11 Å². The standard InChI is InChI=1S/C18H21NO4/c1-21-15-6-4-13-5-7-16(10-14(13)9-15)23-12-18(20)19-11-17-3-2-8-22-17/h4-7,9-10,17H,2-3,8,11-12H2,1H3,(H,19,20). The molecule has 1 aliphatic rings. The Labute approximate surface area is 135 Å². The van der Waals surface area contributed by atoms with Gasteiger partial charge in [0.25, 0.3) is 5.91 Å². The van der Waals surface area contributed by atoms with Crippen molar-refractivity contribution in [2.45, 2.75) is 18.9 Å². The number of hydrogen-bond acceptors (Lipinski definition) is 4. The highest BCUT2D eigenvalue weighted by atomic mass is 16.5. The maximum atomic E-state index is 11.8. The van der Waals surface area contributed by atoms with Gasteiger partial charge in [0.2, 0.25) is 0 Å². The van der Waals surface area contributed by atoms with Gasteiger partial charge in [0.05, 0.1) is 13.2 Å². The first-order valence-electron chi connectivity index (χ1n) is 7.83. The largest absolute Gasteiger partial charge is 0.497 e. The average molecular weight is 315 g/mol. The van der Waals surface area contributed by atoms with Crippen LogP contribution in [0.5, 0.6) is 11.5 Å². The number of ether oxygens (including phenoxy) is 3. The Morgan fingerprint density at radius 2 is 2.00 bits per heavy atom. The van der Waals surface area contributed by atoms with E-state index in [0.717, 1.165) is 36.0 Å². The third-order valence-electron chi connectivity index (χ3n) is 3.94. The van der Waals surface area contributed by atoms with E-state index in [2.05, 4.69) is 5.32 Å². The molecule has 0 bridgehead atoms. The molecule has 23 heavy (non-hydrogen) atoms. The van der Waals surface area contributed by atoms with Crippen molar-refractivity contribution in [1.29, 1.82) is 0 Å². The molecule has 0 spiro atoms. The van der Waals surface area contributed by atoms with Crippen LogP contribution in [0.4, 0.5) is 0 Å². The van der Waals surface area contributed by atoms with Crippen LogP contribution in [0.25, 0.3) is 10.8 Å². The molecule has 0 aromatic heterocycles. The van der Waals surface area contributed by atoms with Crippen LogP contribution in [-0.2, 0) is 9.53 Å². The molecule has 0 radical (unpaired) electrons.